The fraction of sp³-hybridized carbons (Fsp3) is 0.333. The van der Waals surface area contributed by atoms with Crippen molar-refractivity contribution in [3.63, 3.8) is 0 Å². The molecule has 1 aromatic carbocycles. The second-order valence-electron chi connectivity index (χ2n) is 7.24. The lowest BCUT2D eigenvalue weighted by molar-refractivity contribution is 0.0950. The van der Waals surface area contributed by atoms with E-state index >= 15 is 0 Å². The van der Waals surface area contributed by atoms with E-state index in [1.807, 2.05) is 0 Å². The number of fused-ring (bicyclic) bond motifs is 1. The Morgan fingerprint density at radius 1 is 1.07 bits per heavy atom. The first-order valence-electron chi connectivity index (χ1n) is 9.58. The Balaban J connectivity index is 1.40. The fourth-order valence-electron chi connectivity index (χ4n) is 3.70. The number of imidazole rings is 1. The maximum Gasteiger partial charge on any atom is 0.253 e. The highest BCUT2D eigenvalue weighted by Crippen LogP contribution is 2.28. The summed E-state index contributed by atoms with van der Waals surface area (Å²) < 4.78 is 27.3. The summed E-state index contributed by atoms with van der Waals surface area (Å²) in [4.78, 5) is 16.9. The van der Waals surface area contributed by atoms with Gasteiger partial charge in [0.1, 0.15) is 5.65 Å². The van der Waals surface area contributed by atoms with Crippen molar-refractivity contribution < 1.29 is 13.2 Å². The largest absolute Gasteiger partial charge is 0.348 e. The van der Waals surface area contributed by atoms with Gasteiger partial charge in [0.05, 0.1) is 15.7 Å². The third-order valence-electron chi connectivity index (χ3n) is 5.35. The zero-order valence-corrected chi connectivity index (χ0v) is 16.4. The number of sulfone groups is 1. The summed E-state index contributed by atoms with van der Waals surface area (Å²) >= 11 is 0. The molecule has 4 rings (SSSR count). The number of amides is 1. The van der Waals surface area contributed by atoms with Gasteiger partial charge in [-0.05, 0) is 42.7 Å². The summed E-state index contributed by atoms with van der Waals surface area (Å²) in [5.74, 6) is -0.186. The lowest BCUT2D eigenvalue weighted by Crippen LogP contribution is -2.24. The van der Waals surface area contributed by atoms with Gasteiger partial charge in [-0.1, -0.05) is 31.4 Å². The Kier molecular flexibility index (Phi) is 5.17. The number of benzene rings is 1. The number of nitrogens with one attached hydrogen (secondary N) is 1. The maximum atomic E-state index is 12.8. The molecule has 1 N–H and O–H groups in total. The lowest BCUT2D eigenvalue weighted by atomic mass is 10.0. The molecule has 0 unspecified atom stereocenters. The topological polar surface area (TPSA) is 80.5 Å². The van der Waals surface area contributed by atoms with Crippen molar-refractivity contribution in [3.05, 3.63) is 66.1 Å². The van der Waals surface area contributed by atoms with Gasteiger partial charge in [0.25, 0.3) is 5.91 Å². The van der Waals surface area contributed by atoms with Crippen LogP contribution >= 0.6 is 0 Å². The Morgan fingerprint density at radius 2 is 1.82 bits per heavy atom. The number of nitrogens with zero attached hydrogens (tertiary/aromatic N) is 2. The van der Waals surface area contributed by atoms with Gasteiger partial charge in [0.2, 0.25) is 0 Å². The molecule has 1 amide bonds. The number of aromatic nitrogens is 2. The van der Waals surface area contributed by atoms with E-state index in [0.717, 1.165) is 43.3 Å². The maximum absolute atomic E-state index is 12.8. The molecule has 0 radical (unpaired) electrons. The van der Waals surface area contributed by atoms with Crippen molar-refractivity contribution in [2.24, 2.45) is 0 Å². The third-order valence-corrected chi connectivity index (χ3v) is 7.63. The number of carbonyl (C=O) groups excluding carboxylic acids is 1. The van der Waals surface area contributed by atoms with Crippen LogP contribution in [0.25, 0.3) is 5.65 Å². The second-order valence-corrected chi connectivity index (χ2v) is 9.47. The van der Waals surface area contributed by atoms with Gasteiger partial charge < -0.3 is 9.72 Å². The first kappa shape index (κ1) is 18.7. The minimum Gasteiger partial charge on any atom is -0.348 e. The predicted octanol–water partition coefficient (Wildman–Crippen LogP) is 3.37. The van der Waals surface area contributed by atoms with Gasteiger partial charge in [-0.2, -0.15) is 0 Å². The molecule has 6 nitrogen and oxygen atoms in total. The van der Waals surface area contributed by atoms with Crippen LogP contribution in [0, 0.1) is 0 Å². The van der Waals surface area contributed by atoms with Gasteiger partial charge in [-0.25, -0.2) is 13.4 Å². The second kappa shape index (κ2) is 7.75. The van der Waals surface area contributed by atoms with E-state index in [1.54, 1.807) is 59.4 Å². The first-order valence-corrected chi connectivity index (χ1v) is 11.1. The fourth-order valence-corrected chi connectivity index (χ4v) is 5.56. The summed E-state index contributed by atoms with van der Waals surface area (Å²) in [5, 5.41) is 2.61. The summed E-state index contributed by atoms with van der Waals surface area (Å²) in [5.41, 5.74) is 2.19. The smallest absolute Gasteiger partial charge is 0.253 e. The molecule has 2 heterocycles. The number of carbonyl (C=O) groups is 1. The van der Waals surface area contributed by atoms with E-state index in [0.29, 0.717) is 17.0 Å². The molecule has 0 atom stereocenters. The molecular weight excluding hydrogens is 374 g/mol. The SMILES string of the molecule is O=C(NCc1ccc(S(=O)(=O)C2CCCCC2)cc1)c1ccc2nccn2c1. The quantitative estimate of drug-likeness (QED) is 0.716. The van der Waals surface area contributed by atoms with E-state index in [4.69, 9.17) is 0 Å². The molecule has 1 fully saturated rings. The minimum atomic E-state index is -3.26. The molecule has 0 spiro atoms. The normalized spacial score (nSPS) is 15.6. The van der Waals surface area contributed by atoms with Gasteiger partial charge >= 0.3 is 0 Å². The van der Waals surface area contributed by atoms with Crippen molar-refractivity contribution in [2.45, 2.75) is 48.8 Å². The minimum absolute atomic E-state index is 0.186. The van der Waals surface area contributed by atoms with Crippen LogP contribution < -0.4 is 5.32 Å². The number of rotatable bonds is 5. The summed E-state index contributed by atoms with van der Waals surface area (Å²) in [6, 6.07) is 10.4. The van der Waals surface area contributed by atoms with E-state index < -0.39 is 9.84 Å². The third kappa shape index (κ3) is 3.80. The van der Waals surface area contributed by atoms with Crippen molar-refractivity contribution in [2.75, 3.05) is 0 Å². The van der Waals surface area contributed by atoms with Crippen LogP contribution in [0.4, 0.5) is 0 Å². The Labute approximate surface area is 164 Å². The molecule has 2 aromatic heterocycles. The Hall–Kier alpha value is -2.67. The zero-order chi connectivity index (χ0) is 19.6. The van der Waals surface area contributed by atoms with E-state index in [1.165, 1.54) is 0 Å². The molecular formula is C21H23N3O3S. The molecule has 28 heavy (non-hydrogen) atoms. The highest BCUT2D eigenvalue weighted by Gasteiger charge is 2.28. The zero-order valence-electron chi connectivity index (χ0n) is 15.5. The van der Waals surface area contributed by atoms with Crippen LogP contribution in [0.15, 0.2) is 59.9 Å². The van der Waals surface area contributed by atoms with E-state index in [-0.39, 0.29) is 11.2 Å². The molecule has 0 aliphatic heterocycles. The predicted molar refractivity (Wildman–Crippen MR) is 107 cm³/mol. The monoisotopic (exact) mass is 397 g/mol. The van der Waals surface area contributed by atoms with Gasteiger partial charge in [0, 0.05) is 25.1 Å². The van der Waals surface area contributed by atoms with Crippen molar-refractivity contribution in [1.29, 1.82) is 0 Å². The van der Waals surface area contributed by atoms with Crippen LogP contribution in [-0.4, -0.2) is 29.0 Å². The summed E-state index contributed by atoms with van der Waals surface area (Å²) in [7, 11) is -3.26. The number of pyridine rings is 1. The average Bonchev–Trinajstić information content (AvgIpc) is 3.21. The highest BCUT2D eigenvalue weighted by molar-refractivity contribution is 7.92. The summed E-state index contributed by atoms with van der Waals surface area (Å²) in [6.07, 6.45) is 9.80. The standard InChI is InChI=1S/C21H23N3O3S/c25-21(17-8-11-20-22-12-13-24(20)15-17)23-14-16-6-9-19(10-7-16)28(26,27)18-4-2-1-3-5-18/h6-13,15,18H,1-5,14H2,(H,23,25). The van der Waals surface area contributed by atoms with Crippen LogP contribution in [0.1, 0.15) is 48.0 Å². The van der Waals surface area contributed by atoms with Gasteiger partial charge in [-0.3, -0.25) is 4.79 Å². The average molecular weight is 398 g/mol. The highest BCUT2D eigenvalue weighted by atomic mass is 32.2. The Morgan fingerprint density at radius 3 is 2.57 bits per heavy atom. The van der Waals surface area contributed by atoms with Crippen LogP contribution in [-0.2, 0) is 16.4 Å². The van der Waals surface area contributed by atoms with Crippen molar-refractivity contribution in [3.8, 4) is 0 Å². The Bertz CT molecular complexity index is 1080. The van der Waals surface area contributed by atoms with Gasteiger partial charge in [0.15, 0.2) is 9.84 Å². The van der Waals surface area contributed by atoms with Crippen molar-refractivity contribution >= 4 is 21.4 Å². The molecule has 1 aliphatic carbocycles. The van der Waals surface area contributed by atoms with Gasteiger partial charge in [-0.15, -0.1) is 0 Å². The molecule has 3 aromatic rings. The van der Waals surface area contributed by atoms with Crippen LogP contribution in [0.3, 0.4) is 0 Å². The number of hydrogen-bond acceptors (Lipinski definition) is 4. The first-order chi connectivity index (χ1) is 13.5. The molecule has 1 saturated carbocycles. The molecule has 146 valence electrons. The van der Waals surface area contributed by atoms with Crippen LogP contribution in [0.2, 0.25) is 0 Å². The van der Waals surface area contributed by atoms with E-state index in [9.17, 15) is 13.2 Å². The lowest BCUT2D eigenvalue weighted by Gasteiger charge is -2.21. The van der Waals surface area contributed by atoms with Crippen LogP contribution in [0.5, 0.6) is 0 Å². The molecule has 1 aliphatic rings. The van der Waals surface area contributed by atoms with E-state index in [2.05, 4.69) is 10.3 Å². The molecule has 0 bridgehead atoms. The number of hydrogen-bond donors (Lipinski definition) is 1. The van der Waals surface area contributed by atoms with Crippen molar-refractivity contribution in [1.82, 2.24) is 14.7 Å². The molecule has 7 heteroatoms. The summed E-state index contributed by atoms with van der Waals surface area (Å²) in [6.45, 7) is 0.338. The molecule has 0 saturated heterocycles.